The van der Waals surface area contributed by atoms with E-state index in [1.165, 1.54) is 6.07 Å². The fourth-order valence-corrected chi connectivity index (χ4v) is 2.36. The van der Waals surface area contributed by atoms with Gasteiger partial charge >= 0.3 is 5.97 Å². The average Bonchev–Trinajstić information content (AvgIpc) is 2.91. The number of benzene rings is 1. The Morgan fingerprint density at radius 3 is 2.69 bits per heavy atom. The minimum absolute atomic E-state index is 0.0669. The van der Waals surface area contributed by atoms with Gasteiger partial charge < -0.3 is 5.11 Å². The molecule has 2 rings (SSSR count). The van der Waals surface area contributed by atoms with E-state index in [0.717, 1.165) is 24.0 Å². The Morgan fingerprint density at radius 1 is 1.56 bits per heavy atom. The quantitative estimate of drug-likeness (QED) is 0.883. The van der Waals surface area contributed by atoms with Gasteiger partial charge in [-0.15, -0.1) is 0 Å². The number of carboxylic acid groups (broad SMARTS) is 1. The second kappa shape index (κ2) is 3.74. The van der Waals surface area contributed by atoms with Crippen LogP contribution in [0.2, 0.25) is 5.02 Å². The second-order valence-electron chi connectivity index (χ2n) is 4.43. The first-order valence-electron chi connectivity index (χ1n) is 5.12. The largest absolute Gasteiger partial charge is 0.481 e. The van der Waals surface area contributed by atoms with Gasteiger partial charge in [-0.3, -0.25) is 4.79 Å². The lowest BCUT2D eigenvalue weighted by molar-refractivity contribution is -0.137. The molecule has 1 aliphatic rings. The molecule has 1 aromatic rings. The molecular formula is C12H12ClFO2. The van der Waals surface area contributed by atoms with Crippen LogP contribution >= 0.6 is 11.6 Å². The van der Waals surface area contributed by atoms with Gasteiger partial charge in [0.05, 0.1) is 11.4 Å². The van der Waals surface area contributed by atoms with Crippen LogP contribution in [0.1, 0.15) is 30.4 Å². The fraction of sp³-hybridized carbons (Fsp3) is 0.417. The van der Waals surface area contributed by atoms with Crippen molar-refractivity contribution in [3.05, 3.63) is 34.1 Å². The molecule has 1 aromatic carbocycles. The van der Waals surface area contributed by atoms with Crippen molar-refractivity contribution in [3.8, 4) is 0 Å². The number of rotatable bonds is 3. The number of aliphatic carboxylic acids is 1. The molecule has 0 aliphatic heterocycles. The summed E-state index contributed by atoms with van der Waals surface area (Å²) in [6.45, 7) is 1.79. The zero-order valence-electron chi connectivity index (χ0n) is 8.89. The molecule has 0 spiro atoms. The minimum Gasteiger partial charge on any atom is -0.481 e. The van der Waals surface area contributed by atoms with E-state index in [0.29, 0.717) is 0 Å². The molecule has 0 radical (unpaired) electrons. The SMILES string of the molecule is Cc1cc(F)c(Cl)cc1C1(CC(=O)O)CC1. The molecule has 16 heavy (non-hydrogen) atoms. The van der Waals surface area contributed by atoms with Gasteiger partial charge in [0.2, 0.25) is 0 Å². The van der Waals surface area contributed by atoms with Crippen molar-refractivity contribution in [1.29, 1.82) is 0 Å². The molecule has 1 aliphatic carbocycles. The first kappa shape index (κ1) is 11.4. The van der Waals surface area contributed by atoms with Crippen molar-refractivity contribution in [2.75, 3.05) is 0 Å². The summed E-state index contributed by atoms with van der Waals surface area (Å²) in [6.07, 6.45) is 1.76. The van der Waals surface area contributed by atoms with E-state index < -0.39 is 11.8 Å². The molecule has 0 atom stereocenters. The number of aryl methyl sites for hydroxylation is 1. The lowest BCUT2D eigenvalue weighted by atomic mass is 9.89. The highest BCUT2D eigenvalue weighted by Crippen LogP contribution is 2.52. The Balaban J connectivity index is 2.41. The van der Waals surface area contributed by atoms with Crippen LogP contribution < -0.4 is 0 Å². The van der Waals surface area contributed by atoms with E-state index in [1.54, 1.807) is 13.0 Å². The summed E-state index contributed by atoms with van der Waals surface area (Å²) in [6, 6.07) is 2.95. The third kappa shape index (κ3) is 1.92. The number of hydrogen-bond donors (Lipinski definition) is 1. The van der Waals surface area contributed by atoms with Gasteiger partial charge in [-0.25, -0.2) is 4.39 Å². The fourth-order valence-electron chi connectivity index (χ4n) is 2.20. The summed E-state index contributed by atoms with van der Waals surface area (Å²) in [7, 11) is 0. The normalized spacial score (nSPS) is 17.2. The Bertz CT molecular complexity index is 453. The lowest BCUT2D eigenvalue weighted by Gasteiger charge is -2.16. The molecule has 86 valence electrons. The summed E-state index contributed by atoms with van der Waals surface area (Å²) in [4.78, 5) is 10.8. The maximum Gasteiger partial charge on any atom is 0.304 e. The predicted octanol–water partition coefficient (Wildman–Crippen LogP) is 3.29. The van der Waals surface area contributed by atoms with Crippen molar-refractivity contribution >= 4 is 17.6 Å². The van der Waals surface area contributed by atoms with Gasteiger partial charge in [-0.2, -0.15) is 0 Å². The van der Waals surface area contributed by atoms with Crippen LogP contribution in [0.5, 0.6) is 0 Å². The third-order valence-electron chi connectivity index (χ3n) is 3.18. The molecule has 1 fully saturated rings. The van der Waals surface area contributed by atoms with Crippen molar-refractivity contribution < 1.29 is 14.3 Å². The maximum absolute atomic E-state index is 13.2. The number of hydrogen-bond acceptors (Lipinski definition) is 1. The molecular weight excluding hydrogens is 231 g/mol. The average molecular weight is 243 g/mol. The van der Waals surface area contributed by atoms with E-state index in [-0.39, 0.29) is 16.9 Å². The summed E-state index contributed by atoms with van der Waals surface area (Å²) < 4.78 is 13.2. The Kier molecular flexibility index (Phi) is 2.66. The smallest absolute Gasteiger partial charge is 0.304 e. The number of halogens is 2. The van der Waals surface area contributed by atoms with Crippen molar-refractivity contribution in [2.45, 2.75) is 31.6 Å². The van der Waals surface area contributed by atoms with Crippen molar-refractivity contribution in [2.24, 2.45) is 0 Å². The molecule has 1 N–H and O–H groups in total. The summed E-state index contributed by atoms with van der Waals surface area (Å²) in [5, 5.41) is 8.93. The van der Waals surface area contributed by atoms with Gasteiger partial charge in [-0.05, 0) is 43.0 Å². The molecule has 1 saturated carbocycles. The topological polar surface area (TPSA) is 37.3 Å². The monoisotopic (exact) mass is 242 g/mol. The van der Waals surface area contributed by atoms with Crippen LogP contribution in [0.25, 0.3) is 0 Å². The van der Waals surface area contributed by atoms with E-state index in [4.69, 9.17) is 16.7 Å². The molecule has 4 heteroatoms. The Morgan fingerprint density at radius 2 is 2.19 bits per heavy atom. The van der Waals surface area contributed by atoms with Crippen LogP contribution in [0.3, 0.4) is 0 Å². The van der Waals surface area contributed by atoms with Crippen LogP contribution in [0, 0.1) is 12.7 Å². The minimum atomic E-state index is -0.822. The number of carboxylic acids is 1. The molecule has 0 amide bonds. The van der Waals surface area contributed by atoms with Crippen LogP contribution in [-0.4, -0.2) is 11.1 Å². The Hall–Kier alpha value is -1.09. The van der Waals surface area contributed by atoms with Crippen LogP contribution in [0.4, 0.5) is 4.39 Å². The van der Waals surface area contributed by atoms with Gasteiger partial charge in [0.15, 0.2) is 0 Å². The van der Waals surface area contributed by atoms with E-state index >= 15 is 0 Å². The molecule has 0 unspecified atom stereocenters. The van der Waals surface area contributed by atoms with E-state index in [1.807, 2.05) is 0 Å². The molecule has 0 aromatic heterocycles. The van der Waals surface area contributed by atoms with E-state index in [2.05, 4.69) is 0 Å². The molecule has 2 nitrogen and oxygen atoms in total. The standard InChI is InChI=1S/C12H12ClFO2/c1-7-4-10(14)9(13)5-8(7)12(2-3-12)6-11(15)16/h4-5H,2-3,6H2,1H3,(H,15,16). The zero-order chi connectivity index (χ0) is 11.9. The lowest BCUT2D eigenvalue weighted by Crippen LogP contribution is -2.14. The van der Waals surface area contributed by atoms with E-state index in [9.17, 15) is 9.18 Å². The third-order valence-corrected chi connectivity index (χ3v) is 3.47. The molecule has 0 saturated heterocycles. The van der Waals surface area contributed by atoms with Gasteiger partial charge in [0, 0.05) is 5.41 Å². The van der Waals surface area contributed by atoms with Crippen molar-refractivity contribution in [3.63, 3.8) is 0 Å². The first-order valence-corrected chi connectivity index (χ1v) is 5.50. The van der Waals surface area contributed by atoms with Gasteiger partial charge in [0.25, 0.3) is 0 Å². The van der Waals surface area contributed by atoms with Gasteiger partial charge in [-0.1, -0.05) is 11.6 Å². The molecule has 0 heterocycles. The Labute approximate surface area is 98.0 Å². The predicted molar refractivity (Wildman–Crippen MR) is 59.3 cm³/mol. The summed E-state index contributed by atoms with van der Waals surface area (Å²) in [5.41, 5.74) is 1.34. The highest BCUT2D eigenvalue weighted by molar-refractivity contribution is 6.30. The van der Waals surface area contributed by atoms with Crippen LogP contribution in [-0.2, 0) is 10.2 Å². The highest BCUT2D eigenvalue weighted by atomic mass is 35.5. The number of carbonyl (C=O) groups is 1. The maximum atomic E-state index is 13.2. The molecule has 0 bridgehead atoms. The zero-order valence-corrected chi connectivity index (χ0v) is 9.64. The van der Waals surface area contributed by atoms with Gasteiger partial charge in [0.1, 0.15) is 5.82 Å². The first-order chi connectivity index (χ1) is 7.44. The van der Waals surface area contributed by atoms with Crippen LogP contribution in [0.15, 0.2) is 12.1 Å². The van der Waals surface area contributed by atoms with Crippen molar-refractivity contribution in [1.82, 2.24) is 0 Å². The summed E-state index contributed by atoms with van der Waals surface area (Å²) >= 11 is 5.73. The summed E-state index contributed by atoms with van der Waals surface area (Å²) in [5.74, 6) is -1.27. The highest BCUT2D eigenvalue weighted by Gasteiger charge is 2.47. The second-order valence-corrected chi connectivity index (χ2v) is 4.84.